The van der Waals surface area contributed by atoms with E-state index in [9.17, 15) is 5.11 Å². The zero-order chi connectivity index (χ0) is 15.9. The zero-order valence-corrected chi connectivity index (χ0v) is 13.7. The normalized spacial score (nSPS) is 36.6. The number of aliphatic hydroxyl groups is 1. The molecule has 1 aliphatic carbocycles. The Labute approximate surface area is 138 Å². The Morgan fingerprint density at radius 3 is 1.70 bits per heavy atom. The Morgan fingerprint density at radius 2 is 1.26 bits per heavy atom. The van der Waals surface area contributed by atoms with Crippen molar-refractivity contribution >= 4 is 0 Å². The molecule has 2 nitrogen and oxygen atoms in total. The maximum absolute atomic E-state index is 11.4. The summed E-state index contributed by atoms with van der Waals surface area (Å²) >= 11 is 0. The highest BCUT2D eigenvalue weighted by atomic mass is 16.3. The van der Waals surface area contributed by atoms with Crippen LogP contribution >= 0.6 is 0 Å². The minimum absolute atomic E-state index is 0.216. The van der Waals surface area contributed by atoms with Crippen molar-refractivity contribution in [3.8, 4) is 0 Å². The second-order valence-electron chi connectivity index (χ2n) is 7.31. The molecule has 2 aliphatic rings. The van der Waals surface area contributed by atoms with Gasteiger partial charge < -0.3 is 10.4 Å². The SMILES string of the molecule is CC1(O)C2CCCC1C(c1ccccc1)NC2c1ccccc1. The largest absolute Gasteiger partial charge is 0.389 e. The highest BCUT2D eigenvalue weighted by molar-refractivity contribution is 5.28. The third-order valence-corrected chi connectivity index (χ3v) is 6.01. The summed E-state index contributed by atoms with van der Waals surface area (Å²) in [6.45, 7) is 2.06. The molecule has 0 aromatic heterocycles. The second-order valence-corrected chi connectivity index (χ2v) is 7.31. The quantitative estimate of drug-likeness (QED) is 0.870. The van der Waals surface area contributed by atoms with Gasteiger partial charge in [-0.05, 0) is 30.9 Å². The number of rotatable bonds is 2. The highest BCUT2D eigenvalue weighted by Crippen LogP contribution is 2.53. The fourth-order valence-electron chi connectivity index (χ4n) is 4.83. The summed E-state index contributed by atoms with van der Waals surface area (Å²) in [5, 5.41) is 15.3. The van der Waals surface area contributed by atoms with Crippen LogP contribution in [0.25, 0.3) is 0 Å². The topological polar surface area (TPSA) is 32.3 Å². The summed E-state index contributed by atoms with van der Waals surface area (Å²) in [7, 11) is 0. The van der Waals surface area contributed by atoms with Crippen LogP contribution in [0.1, 0.15) is 49.4 Å². The first kappa shape index (κ1) is 14.9. The van der Waals surface area contributed by atoms with Crippen LogP contribution in [-0.4, -0.2) is 10.7 Å². The molecule has 120 valence electrons. The van der Waals surface area contributed by atoms with E-state index in [4.69, 9.17) is 0 Å². The summed E-state index contributed by atoms with van der Waals surface area (Å²) in [6.07, 6.45) is 3.40. The van der Waals surface area contributed by atoms with Gasteiger partial charge in [0, 0.05) is 23.9 Å². The van der Waals surface area contributed by atoms with Crippen LogP contribution < -0.4 is 5.32 Å². The van der Waals surface area contributed by atoms with Gasteiger partial charge in [-0.1, -0.05) is 67.1 Å². The molecule has 2 N–H and O–H groups in total. The number of hydrogen-bond donors (Lipinski definition) is 2. The first-order valence-corrected chi connectivity index (χ1v) is 8.76. The number of nitrogens with one attached hydrogen (secondary N) is 1. The van der Waals surface area contributed by atoms with Crippen molar-refractivity contribution in [2.24, 2.45) is 11.8 Å². The Bertz CT molecular complexity index is 597. The number of fused-ring (bicyclic) bond motifs is 2. The van der Waals surface area contributed by atoms with Crippen molar-refractivity contribution in [2.45, 2.75) is 43.9 Å². The van der Waals surface area contributed by atoms with Gasteiger partial charge in [-0.25, -0.2) is 0 Å². The van der Waals surface area contributed by atoms with Gasteiger partial charge in [0.05, 0.1) is 5.60 Å². The number of piperidine rings is 1. The standard InChI is InChI=1S/C21H25NO/c1-21(23)17-13-8-14-18(21)20(16-11-6-3-7-12-16)22-19(17)15-9-4-2-5-10-15/h2-7,9-12,17-20,22-23H,8,13-14H2,1H3. The van der Waals surface area contributed by atoms with Crippen LogP contribution in [0.5, 0.6) is 0 Å². The van der Waals surface area contributed by atoms with E-state index in [-0.39, 0.29) is 23.9 Å². The first-order valence-electron chi connectivity index (χ1n) is 8.76. The van der Waals surface area contributed by atoms with E-state index in [2.05, 4.69) is 72.9 Å². The molecule has 2 aromatic carbocycles. The van der Waals surface area contributed by atoms with Crippen molar-refractivity contribution in [3.63, 3.8) is 0 Å². The molecule has 1 saturated heterocycles. The average Bonchev–Trinajstić information content (AvgIpc) is 2.56. The van der Waals surface area contributed by atoms with E-state index < -0.39 is 5.60 Å². The van der Waals surface area contributed by atoms with Crippen LogP contribution in [-0.2, 0) is 0 Å². The lowest BCUT2D eigenvalue weighted by Gasteiger charge is -2.55. The van der Waals surface area contributed by atoms with E-state index in [0.717, 1.165) is 12.8 Å². The number of benzene rings is 2. The van der Waals surface area contributed by atoms with Gasteiger partial charge >= 0.3 is 0 Å². The summed E-state index contributed by atoms with van der Waals surface area (Å²) in [5.41, 5.74) is 1.96. The molecule has 0 radical (unpaired) electrons. The number of hydrogen-bond acceptors (Lipinski definition) is 2. The molecule has 2 aromatic rings. The molecule has 2 heteroatoms. The van der Waals surface area contributed by atoms with Gasteiger partial charge in [0.15, 0.2) is 0 Å². The van der Waals surface area contributed by atoms with Gasteiger partial charge in [0.25, 0.3) is 0 Å². The Morgan fingerprint density at radius 1 is 0.826 bits per heavy atom. The van der Waals surface area contributed by atoms with E-state index in [1.807, 2.05) is 0 Å². The van der Waals surface area contributed by atoms with Crippen molar-refractivity contribution in [2.75, 3.05) is 0 Å². The van der Waals surface area contributed by atoms with Gasteiger partial charge in [-0.15, -0.1) is 0 Å². The van der Waals surface area contributed by atoms with Gasteiger partial charge in [-0.3, -0.25) is 0 Å². The summed E-state index contributed by atoms with van der Waals surface area (Å²) < 4.78 is 0. The molecule has 4 atom stereocenters. The van der Waals surface area contributed by atoms with Crippen molar-refractivity contribution < 1.29 is 5.11 Å². The first-order chi connectivity index (χ1) is 11.2. The molecule has 1 aliphatic heterocycles. The Balaban J connectivity index is 1.77. The predicted octanol–water partition coefficient (Wildman–Crippen LogP) is 4.24. The smallest absolute Gasteiger partial charge is 0.0712 e. The lowest BCUT2D eigenvalue weighted by Crippen LogP contribution is -2.59. The van der Waals surface area contributed by atoms with Crippen molar-refractivity contribution in [1.82, 2.24) is 5.32 Å². The zero-order valence-electron chi connectivity index (χ0n) is 13.7. The molecule has 0 amide bonds. The fourth-order valence-corrected chi connectivity index (χ4v) is 4.83. The maximum atomic E-state index is 11.4. The van der Waals surface area contributed by atoms with Crippen molar-refractivity contribution in [3.05, 3.63) is 71.8 Å². The van der Waals surface area contributed by atoms with E-state index in [1.165, 1.54) is 17.5 Å². The molecule has 2 bridgehead atoms. The lowest BCUT2D eigenvalue weighted by atomic mass is 9.59. The lowest BCUT2D eigenvalue weighted by molar-refractivity contribution is -0.133. The molecule has 2 fully saturated rings. The molecule has 0 spiro atoms. The molecular weight excluding hydrogens is 282 g/mol. The monoisotopic (exact) mass is 307 g/mol. The minimum atomic E-state index is -0.621. The summed E-state index contributed by atoms with van der Waals surface area (Å²) in [5.74, 6) is 0.562. The van der Waals surface area contributed by atoms with Crippen LogP contribution in [0.4, 0.5) is 0 Å². The third kappa shape index (κ3) is 2.50. The van der Waals surface area contributed by atoms with Gasteiger partial charge in [0.1, 0.15) is 0 Å². The fraction of sp³-hybridized carbons (Fsp3) is 0.429. The van der Waals surface area contributed by atoms with Crippen LogP contribution in [0.15, 0.2) is 60.7 Å². The molecular formula is C21H25NO. The van der Waals surface area contributed by atoms with E-state index in [1.54, 1.807) is 0 Å². The summed E-state index contributed by atoms with van der Waals surface area (Å²) in [4.78, 5) is 0. The Hall–Kier alpha value is -1.64. The molecule has 4 unspecified atom stereocenters. The van der Waals surface area contributed by atoms with Crippen LogP contribution in [0.3, 0.4) is 0 Å². The minimum Gasteiger partial charge on any atom is -0.389 e. The van der Waals surface area contributed by atoms with Gasteiger partial charge in [-0.2, -0.15) is 0 Å². The predicted molar refractivity (Wildman–Crippen MR) is 93.0 cm³/mol. The highest BCUT2D eigenvalue weighted by Gasteiger charge is 2.53. The molecule has 23 heavy (non-hydrogen) atoms. The van der Waals surface area contributed by atoms with Gasteiger partial charge in [0.2, 0.25) is 0 Å². The molecule has 4 rings (SSSR count). The maximum Gasteiger partial charge on any atom is 0.0712 e. The third-order valence-electron chi connectivity index (χ3n) is 6.01. The average molecular weight is 307 g/mol. The van der Waals surface area contributed by atoms with Crippen molar-refractivity contribution in [1.29, 1.82) is 0 Å². The second kappa shape index (κ2) is 5.77. The Kier molecular flexibility index (Phi) is 3.74. The van der Waals surface area contributed by atoms with Crippen LogP contribution in [0, 0.1) is 11.8 Å². The van der Waals surface area contributed by atoms with E-state index in [0.29, 0.717) is 0 Å². The van der Waals surface area contributed by atoms with E-state index >= 15 is 0 Å². The van der Waals surface area contributed by atoms with Crippen LogP contribution in [0.2, 0.25) is 0 Å². The molecule has 1 saturated carbocycles. The summed E-state index contributed by atoms with van der Waals surface area (Å²) in [6, 6.07) is 21.7. The molecule has 1 heterocycles.